The zero-order valence-electron chi connectivity index (χ0n) is 16.2. The van der Waals surface area contributed by atoms with Crippen LogP contribution in [0.4, 0.5) is 0 Å². The van der Waals surface area contributed by atoms with Crippen molar-refractivity contribution in [2.75, 3.05) is 13.1 Å². The molecule has 7 heteroatoms. The van der Waals surface area contributed by atoms with E-state index in [0.717, 1.165) is 60.3 Å². The standard InChI is InChI=1S/C19H29N5OS/c1-13(2)24-11-8-20-17(24)12-23-9-5-6-16(7-10-23)22-19(25)18-14(3)21-15(4)26-18/h8,11,13,16H,5-7,9-10,12H2,1-4H3,(H,22,25). The monoisotopic (exact) mass is 375 g/mol. The number of hydrogen-bond acceptors (Lipinski definition) is 5. The molecular formula is C19H29N5OS. The van der Waals surface area contributed by atoms with Crippen LogP contribution in [0.5, 0.6) is 0 Å². The Bertz CT molecular complexity index is 751. The highest BCUT2D eigenvalue weighted by Gasteiger charge is 2.22. The molecule has 1 atom stereocenters. The molecule has 3 heterocycles. The van der Waals surface area contributed by atoms with Crippen LogP contribution < -0.4 is 5.32 Å². The van der Waals surface area contributed by atoms with Gasteiger partial charge < -0.3 is 9.88 Å². The van der Waals surface area contributed by atoms with Gasteiger partial charge in [0.2, 0.25) is 0 Å². The van der Waals surface area contributed by atoms with Gasteiger partial charge in [0.15, 0.2) is 0 Å². The minimum Gasteiger partial charge on any atom is -0.349 e. The first-order valence-corrected chi connectivity index (χ1v) is 10.2. The van der Waals surface area contributed by atoms with E-state index in [1.165, 1.54) is 11.3 Å². The van der Waals surface area contributed by atoms with Crippen LogP contribution in [0.3, 0.4) is 0 Å². The molecule has 0 bridgehead atoms. The summed E-state index contributed by atoms with van der Waals surface area (Å²) in [7, 11) is 0. The molecule has 1 fully saturated rings. The van der Waals surface area contributed by atoms with Gasteiger partial charge in [-0.05, 0) is 53.5 Å². The third-order valence-electron chi connectivity index (χ3n) is 4.94. The van der Waals surface area contributed by atoms with Crippen LogP contribution in [-0.2, 0) is 6.54 Å². The largest absolute Gasteiger partial charge is 0.349 e. The summed E-state index contributed by atoms with van der Waals surface area (Å²) in [5, 5.41) is 4.17. The van der Waals surface area contributed by atoms with Gasteiger partial charge in [-0.15, -0.1) is 11.3 Å². The SMILES string of the molecule is Cc1nc(C)c(C(=O)NC2CCCN(Cc3nccn3C(C)C)CC2)s1. The van der Waals surface area contributed by atoms with E-state index in [0.29, 0.717) is 6.04 Å². The topological polar surface area (TPSA) is 63.1 Å². The number of nitrogens with zero attached hydrogens (tertiary/aromatic N) is 4. The van der Waals surface area contributed by atoms with Gasteiger partial charge in [-0.25, -0.2) is 9.97 Å². The van der Waals surface area contributed by atoms with E-state index in [1.807, 2.05) is 20.0 Å². The molecule has 0 saturated carbocycles. The predicted octanol–water partition coefficient (Wildman–Crippen LogP) is 3.32. The Morgan fingerprint density at radius 3 is 2.85 bits per heavy atom. The number of carbonyl (C=O) groups is 1. The van der Waals surface area contributed by atoms with Gasteiger partial charge in [0, 0.05) is 31.0 Å². The number of aromatic nitrogens is 3. The van der Waals surface area contributed by atoms with Crippen LogP contribution in [-0.4, -0.2) is 44.5 Å². The predicted molar refractivity (Wildman–Crippen MR) is 105 cm³/mol. The maximum Gasteiger partial charge on any atom is 0.263 e. The third-order valence-corrected chi connectivity index (χ3v) is 6.01. The summed E-state index contributed by atoms with van der Waals surface area (Å²) in [5.41, 5.74) is 0.834. The molecule has 2 aromatic rings. The van der Waals surface area contributed by atoms with E-state index in [1.54, 1.807) is 0 Å². The number of amides is 1. The molecule has 26 heavy (non-hydrogen) atoms. The molecule has 1 aliphatic rings. The van der Waals surface area contributed by atoms with Crippen molar-refractivity contribution < 1.29 is 4.79 Å². The fourth-order valence-electron chi connectivity index (χ4n) is 3.59. The number of thiazole rings is 1. The van der Waals surface area contributed by atoms with Gasteiger partial charge in [-0.1, -0.05) is 0 Å². The highest BCUT2D eigenvalue weighted by atomic mass is 32.1. The fraction of sp³-hybridized carbons (Fsp3) is 0.632. The van der Waals surface area contributed by atoms with Crippen molar-refractivity contribution in [1.82, 2.24) is 24.8 Å². The van der Waals surface area contributed by atoms with Gasteiger partial charge in [-0.3, -0.25) is 9.69 Å². The van der Waals surface area contributed by atoms with Crippen LogP contribution in [0.2, 0.25) is 0 Å². The normalized spacial score (nSPS) is 18.9. The maximum atomic E-state index is 12.5. The first-order valence-electron chi connectivity index (χ1n) is 9.43. The zero-order valence-corrected chi connectivity index (χ0v) is 17.0. The lowest BCUT2D eigenvalue weighted by molar-refractivity contribution is 0.0936. The maximum absolute atomic E-state index is 12.5. The Balaban J connectivity index is 1.55. The Morgan fingerprint density at radius 2 is 2.15 bits per heavy atom. The molecular weight excluding hydrogens is 346 g/mol. The average molecular weight is 376 g/mol. The number of carbonyl (C=O) groups excluding carboxylic acids is 1. The first kappa shape index (κ1) is 19.0. The number of likely N-dealkylation sites (tertiary alicyclic amines) is 1. The lowest BCUT2D eigenvalue weighted by atomic mass is 10.1. The molecule has 0 radical (unpaired) electrons. The lowest BCUT2D eigenvalue weighted by Crippen LogP contribution is -2.35. The second-order valence-corrected chi connectivity index (χ2v) is 8.57. The quantitative estimate of drug-likeness (QED) is 0.871. The molecule has 1 unspecified atom stereocenters. The molecule has 1 N–H and O–H groups in total. The van der Waals surface area contributed by atoms with Crippen LogP contribution in [0, 0.1) is 13.8 Å². The Morgan fingerprint density at radius 1 is 1.35 bits per heavy atom. The van der Waals surface area contributed by atoms with E-state index in [2.05, 4.69) is 44.8 Å². The van der Waals surface area contributed by atoms with Crippen molar-refractivity contribution in [2.45, 2.75) is 65.6 Å². The molecule has 1 aliphatic heterocycles. The summed E-state index contributed by atoms with van der Waals surface area (Å²) in [6.45, 7) is 11.1. The number of nitrogens with one attached hydrogen (secondary N) is 1. The lowest BCUT2D eigenvalue weighted by Gasteiger charge is -2.21. The third kappa shape index (κ3) is 4.51. The van der Waals surface area contributed by atoms with Gasteiger partial charge in [0.25, 0.3) is 5.91 Å². The van der Waals surface area contributed by atoms with Crippen molar-refractivity contribution in [3.8, 4) is 0 Å². The Hall–Kier alpha value is -1.73. The molecule has 2 aromatic heterocycles. The smallest absolute Gasteiger partial charge is 0.263 e. The molecule has 0 spiro atoms. The summed E-state index contributed by atoms with van der Waals surface area (Å²) < 4.78 is 2.24. The summed E-state index contributed by atoms with van der Waals surface area (Å²) in [6.07, 6.45) is 7.03. The highest BCUT2D eigenvalue weighted by Crippen LogP contribution is 2.19. The summed E-state index contributed by atoms with van der Waals surface area (Å²) in [5.74, 6) is 1.15. The fourth-order valence-corrected chi connectivity index (χ4v) is 4.41. The molecule has 0 aromatic carbocycles. The van der Waals surface area contributed by atoms with Gasteiger partial charge in [0.05, 0.1) is 17.2 Å². The van der Waals surface area contributed by atoms with Crippen LogP contribution in [0.15, 0.2) is 12.4 Å². The number of imidazole rings is 1. The van der Waals surface area contributed by atoms with Gasteiger partial charge in [-0.2, -0.15) is 0 Å². The van der Waals surface area contributed by atoms with Crippen LogP contribution in [0.25, 0.3) is 0 Å². The van der Waals surface area contributed by atoms with Crippen molar-refractivity contribution >= 4 is 17.2 Å². The van der Waals surface area contributed by atoms with E-state index in [9.17, 15) is 4.79 Å². The van der Waals surface area contributed by atoms with Crippen molar-refractivity contribution in [3.63, 3.8) is 0 Å². The van der Waals surface area contributed by atoms with Crippen LogP contribution >= 0.6 is 11.3 Å². The average Bonchev–Trinajstić information content (AvgIpc) is 3.10. The van der Waals surface area contributed by atoms with Gasteiger partial charge >= 0.3 is 0 Å². The molecule has 6 nitrogen and oxygen atoms in total. The van der Waals surface area contributed by atoms with Crippen molar-refractivity contribution in [2.24, 2.45) is 0 Å². The molecule has 0 aliphatic carbocycles. The Labute approximate surface area is 159 Å². The molecule has 1 amide bonds. The van der Waals surface area contributed by atoms with E-state index < -0.39 is 0 Å². The number of aryl methyl sites for hydroxylation is 2. The second kappa shape index (κ2) is 8.31. The van der Waals surface area contributed by atoms with E-state index in [4.69, 9.17) is 0 Å². The summed E-state index contributed by atoms with van der Waals surface area (Å²) in [6, 6.07) is 0.664. The van der Waals surface area contributed by atoms with Crippen molar-refractivity contribution in [1.29, 1.82) is 0 Å². The minimum atomic E-state index is 0.0295. The zero-order chi connectivity index (χ0) is 18.7. The molecule has 1 saturated heterocycles. The number of rotatable bonds is 5. The van der Waals surface area contributed by atoms with E-state index >= 15 is 0 Å². The van der Waals surface area contributed by atoms with E-state index in [-0.39, 0.29) is 11.9 Å². The summed E-state index contributed by atoms with van der Waals surface area (Å²) in [4.78, 5) is 24.6. The highest BCUT2D eigenvalue weighted by molar-refractivity contribution is 7.13. The van der Waals surface area contributed by atoms with Crippen LogP contribution in [0.1, 0.15) is 65.3 Å². The number of hydrogen-bond donors (Lipinski definition) is 1. The summed E-state index contributed by atoms with van der Waals surface area (Å²) >= 11 is 1.48. The van der Waals surface area contributed by atoms with Gasteiger partial charge in [0.1, 0.15) is 10.7 Å². The second-order valence-electron chi connectivity index (χ2n) is 7.37. The molecule has 3 rings (SSSR count). The van der Waals surface area contributed by atoms with Crippen molar-refractivity contribution in [3.05, 3.63) is 33.8 Å². The minimum absolute atomic E-state index is 0.0295. The Kier molecular flexibility index (Phi) is 6.09. The molecule has 142 valence electrons. The first-order chi connectivity index (χ1) is 12.4.